The normalized spacial score (nSPS) is 18.2. The Labute approximate surface area is 155 Å². The van der Waals surface area contributed by atoms with Crippen molar-refractivity contribution in [1.29, 1.82) is 0 Å². The third-order valence-corrected chi connectivity index (χ3v) is 3.92. The number of rotatable bonds is 11. The number of hydrogen-bond acceptors (Lipinski definition) is 7. The van der Waals surface area contributed by atoms with E-state index >= 15 is 0 Å². The third-order valence-electron chi connectivity index (χ3n) is 3.92. The van der Waals surface area contributed by atoms with Crippen LogP contribution in [0.3, 0.4) is 0 Å². The van der Waals surface area contributed by atoms with Gasteiger partial charge in [0.25, 0.3) is 0 Å². The van der Waals surface area contributed by atoms with Crippen molar-refractivity contribution in [2.45, 2.75) is 43.8 Å². The van der Waals surface area contributed by atoms with Crippen LogP contribution >= 0.6 is 0 Å². The molecule has 0 aromatic carbocycles. The Hall–Kier alpha value is -2.73. The molecule has 12 nitrogen and oxygen atoms in total. The Balaban J connectivity index is 2.69. The second kappa shape index (κ2) is 11.1. The van der Waals surface area contributed by atoms with Gasteiger partial charge in [0, 0.05) is 6.42 Å². The maximum atomic E-state index is 12.3. The van der Waals surface area contributed by atoms with E-state index in [1.165, 1.54) is 0 Å². The molecule has 3 atom stereocenters. The molecule has 1 aliphatic rings. The molecule has 0 aliphatic carbocycles. The van der Waals surface area contributed by atoms with Gasteiger partial charge in [-0.05, 0) is 25.8 Å². The van der Waals surface area contributed by atoms with Crippen molar-refractivity contribution in [3.05, 3.63) is 0 Å². The average Bonchev–Trinajstić information content (AvgIpc) is 3.15. The molecule has 4 amide bonds. The lowest BCUT2D eigenvalue weighted by Crippen LogP contribution is -2.57. The maximum Gasteiger partial charge on any atom is 0.322 e. The predicted octanol–water partition coefficient (Wildman–Crippen LogP) is -3.83. The minimum atomic E-state index is -1.30. The molecule has 0 saturated carbocycles. The summed E-state index contributed by atoms with van der Waals surface area (Å²) < 4.78 is 0. The molecule has 0 aromatic rings. The van der Waals surface area contributed by atoms with E-state index in [9.17, 15) is 29.1 Å². The zero-order valence-corrected chi connectivity index (χ0v) is 14.7. The molecule has 0 spiro atoms. The van der Waals surface area contributed by atoms with E-state index < -0.39 is 60.9 Å². The van der Waals surface area contributed by atoms with Crippen molar-refractivity contribution in [1.82, 2.24) is 21.3 Å². The average molecular weight is 387 g/mol. The molecule has 0 bridgehead atoms. The first kappa shape index (κ1) is 22.3. The number of carboxylic acid groups (broad SMARTS) is 1. The predicted molar refractivity (Wildman–Crippen MR) is 91.0 cm³/mol. The van der Waals surface area contributed by atoms with E-state index in [-0.39, 0.29) is 12.8 Å². The lowest BCUT2D eigenvalue weighted by molar-refractivity contribution is -0.138. The standard InChI is InChI=1S/C15H25N5O7/c16-11(22)4-3-9(13(25)18-6-12(23)24)19-15(27)10(7-21)20-14(26)8-2-1-5-17-8/h8-10,17,21H,1-7H2,(H2,16,22)(H,18,25)(H,19,27)(H,20,26)(H,23,24). The van der Waals surface area contributed by atoms with Crippen LogP contribution < -0.4 is 27.0 Å². The molecule has 1 heterocycles. The molecule has 0 radical (unpaired) electrons. The fraction of sp³-hybridized carbons (Fsp3) is 0.667. The van der Waals surface area contributed by atoms with Crippen molar-refractivity contribution in [3.63, 3.8) is 0 Å². The van der Waals surface area contributed by atoms with Crippen molar-refractivity contribution in [2.24, 2.45) is 5.73 Å². The van der Waals surface area contributed by atoms with Crippen LogP contribution in [-0.2, 0) is 24.0 Å². The number of hydrogen-bond donors (Lipinski definition) is 7. The summed E-state index contributed by atoms with van der Waals surface area (Å²) >= 11 is 0. The molecule has 27 heavy (non-hydrogen) atoms. The summed E-state index contributed by atoms with van der Waals surface area (Å²) in [5.74, 6) is -4.12. The molecule has 152 valence electrons. The van der Waals surface area contributed by atoms with Gasteiger partial charge in [-0.3, -0.25) is 24.0 Å². The molecule has 3 unspecified atom stereocenters. The summed E-state index contributed by atoms with van der Waals surface area (Å²) in [5, 5.41) is 27.7. The van der Waals surface area contributed by atoms with E-state index in [4.69, 9.17) is 10.8 Å². The molecular weight excluding hydrogens is 362 g/mol. The van der Waals surface area contributed by atoms with Crippen LogP contribution in [0.25, 0.3) is 0 Å². The highest BCUT2D eigenvalue weighted by molar-refractivity contribution is 5.94. The lowest BCUT2D eigenvalue weighted by atomic mass is 10.1. The van der Waals surface area contributed by atoms with Crippen LogP contribution in [0.2, 0.25) is 0 Å². The molecule has 1 rings (SSSR count). The SMILES string of the molecule is NC(=O)CCC(NC(=O)C(CO)NC(=O)C1CCCN1)C(=O)NCC(=O)O. The fourth-order valence-corrected chi connectivity index (χ4v) is 2.49. The summed E-state index contributed by atoms with van der Waals surface area (Å²) in [7, 11) is 0. The molecule has 0 aromatic heterocycles. The number of nitrogens with one attached hydrogen (secondary N) is 4. The maximum absolute atomic E-state index is 12.3. The minimum Gasteiger partial charge on any atom is -0.480 e. The summed E-state index contributed by atoms with van der Waals surface area (Å²) in [4.78, 5) is 57.9. The lowest BCUT2D eigenvalue weighted by Gasteiger charge is -2.22. The van der Waals surface area contributed by atoms with Crippen LogP contribution in [0.5, 0.6) is 0 Å². The molecular formula is C15H25N5O7. The van der Waals surface area contributed by atoms with Gasteiger partial charge in [0.05, 0.1) is 12.6 Å². The molecule has 1 fully saturated rings. The summed E-state index contributed by atoms with van der Waals surface area (Å²) in [6, 6.07) is -3.01. The fourth-order valence-electron chi connectivity index (χ4n) is 2.49. The van der Waals surface area contributed by atoms with Crippen molar-refractivity contribution in [3.8, 4) is 0 Å². The van der Waals surface area contributed by atoms with Gasteiger partial charge in [-0.15, -0.1) is 0 Å². The molecule has 1 aliphatic heterocycles. The number of carboxylic acids is 1. The monoisotopic (exact) mass is 387 g/mol. The third kappa shape index (κ3) is 8.00. The van der Waals surface area contributed by atoms with E-state index in [0.29, 0.717) is 13.0 Å². The van der Waals surface area contributed by atoms with E-state index in [1.807, 2.05) is 0 Å². The van der Waals surface area contributed by atoms with E-state index in [1.54, 1.807) is 0 Å². The molecule has 8 N–H and O–H groups in total. The second-order valence-electron chi connectivity index (χ2n) is 6.07. The molecule has 1 saturated heterocycles. The van der Waals surface area contributed by atoms with Crippen molar-refractivity contribution in [2.75, 3.05) is 19.7 Å². The Morgan fingerprint density at radius 1 is 1.11 bits per heavy atom. The van der Waals surface area contributed by atoms with Gasteiger partial charge in [0.15, 0.2) is 0 Å². The van der Waals surface area contributed by atoms with Crippen molar-refractivity contribution >= 4 is 29.6 Å². The van der Waals surface area contributed by atoms with Crippen LogP contribution in [0.15, 0.2) is 0 Å². The number of carbonyl (C=O) groups excluding carboxylic acids is 4. The quantitative estimate of drug-likeness (QED) is 0.187. The Kier molecular flexibility index (Phi) is 9.16. The van der Waals surface area contributed by atoms with Gasteiger partial charge >= 0.3 is 5.97 Å². The van der Waals surface area contributed by atoms with Crippen LogP contribution in [0.4, 0.5) is 0 Å². The topological polar surface area (TPSA) is 200 Å². The number of aliphatic hydroxyl groups is 1. The zero-order valence-electron chi connectivity index (χ0n) is 14.7. The number of aliphatic hydroxyl groups excluding tert-OH is 1. The zero-order chi connectivity index (χ0) is 20.4. The summed E-state index contributed by atoms with van der Waals surface area (Å²) in [6.07, 6.45) is 1.02. The summed E-state index contributed by atoms with van der Waals surface area (Å²) in [6.45, 7) is -0.702. The van der Waals surface area contributed by atoms with Crippen LogP contribution in [0.1, 0.15) is 25.7 Å². The van der Waals surface area contributed by atoms with Crippen LogP contribution in [-0.4, -0.2) is 77.6 Å². The number of aliphatic carboxylic acids is 1. The first-order chi connectivity index (χ1) is 12.7. The Morgan fingerprint density at radius 3 is 2.33 bits per heavy atom. The van der Waals surface area contributed by atoms with Gasteiger partial charge in [0.1, 0.15) is 18.6 Å². The largest absolute Gasteiger partial charge is 0.480 e. The number of carbonyl (C=O) groups is 5. The van der Waals surface area contributed by atoms with E-state index in [0.717, 1.165) is 6.42 Å². The van der Waals surface area contributed by atoms with Gasteiger partial charge in [-0.1, -0.05) is 0 Å². The van der Waals surface area contributed by atoms with Crippen molar-refractivity contribution < 1.29 is 34.2 Å². The Bertz CT molecular complexity index is 577. The van der Waals surface area contributed by atoms with Gasteiger partial charge in [-0.25, -0.2) is 0 Å². The number of primary amides is 1. The highest BCUT2D eigenvalue weighted by atomic mass is 16.4. The summed E-state index contributed by atoms with van der Waals surface area (Å²) in [5.41, 5.74) is 5.03. The van der Waals surface area contributed by atoms with E-state index in [2.05, 4.69) is 21.3 Å². The minimum absolute atomic E-state index is 0.164. The van der Waals surface area contributed by atoms with Gasteiger partial charge in [0.2, 0.25) is 23.6 Å². The highest BCUT2D eigenvalue weighted by Gasteiger charge is 2.29. The van der Waals surface area contributed by atoms with Gasteiger partial charge in [-0.2, -0.15) is 0 Å². The number of amides is 4. The molecule has 12 heteroatoms. The smallest absolute Gasteiger partial charge is 0.322 e. The second-order valence-corrected chi connectivity index (χ2v) is 6.07. The Morgan fingerprint density at radius 2 is 1.81 bits per heavy atom. The highest BCUT2D eigenvalue weighted by Crippen LogP contribution is 2.05. The van der Waals surface area contributed by atoms with Gasteiger partial charge < -0.3 is 37.2 Å². The number of nitrogens with two attached hydrogens (primary N) is 1. The first-order valence-electron chi connectivity index (χ1n) is 8.47. The first-order valence-corrected chi connectivity index (χ1v) is 8.47. The van der Waals surface area contributed by atoms with Crippen LogP contribution in [0, 0.1) is 0 Å².